The summed E-state index contributed by atoms with van der Waals surface area (Å²) in [4.78, 5) is 18.2. The largest absolute Gasteiger partial charge is 0.459 e. The lowest BCUT2D eigenvalue weighted by Crippen LogP contribution is -2.17. The van der Waals surface area contributed by atoms with E-state index >= 15 is 0 Å². The minimum Gasteiger partial charge on any atom is -0.459 e. The smallest absolute Gasteiger partial charge is 0.291 e. The molecule has 0 aliphatic heterocycles. The van der Waals surface area contributed by atoms with Crippen LogP contribution in [-0.2, 0) is 6.42 Å². The van der Waals surface area contributed by atoms with Crippen LogP contribution in [0, 0.1) is 12.7 Å². The number of rotatable bonds is 7. The molecule has 158 valence electrons. The number of thiophene rings is 1. The van der Waals surface area contributed by atoms with Gasteiger partial charge in [-0.1, -0.05) is 19.1 Å². The topological polar surface area (TPSA) is 67.2 Å². The first-order chi connectivity index (χ1) is 15.0. The second kappa shape index (κ2) is 9.14. The third-order valence-corrected chi connectivity index (χ3v) is 6.04. The highest BCUT2D eigenvalue weighted by atomic mass is 32.1. The third kappa shape index (κ3) is 4.83. The first kappa shape index (κ1) is 20.8. The third-order valence-electron chi connectivity index (χ3n) is 4.83. The number of aromatic nitrogens is 1. The molecule has 0 saturated carbocycles. The SMILES string of the molecule is CCc1cc(C(Nc2cc(C)ccn2)c2cccc(F)c2)c(NC(=O)c2ccco2)s1. The molecule has 0 spiro atoms. The highest BCUT2D eigenvalue weighted by molar-refractivity contribution is 7.16. The van der Waals surface area contributed by atoms with Gasteiger partial charge in [0.15, 0.2) is 5.76 Å². The molecule has 0 fully saturated rings. The number of nitrogens with zero attached hydrogens (tertiary/aromatic N) is 1. The number of aryl methyl sites for hydroxylation is 2. The summed E-state index contributed by atoms with van der Waals surface area (Å²) < 4.78 is 19.3. The number of furan rings is 1. The van der Waals surface area contributed by atoms with Crippen molar-refractivity contribution >= 4 is 28.1 Å². The molecule has 7 heteroatoms. The summed E-state index contributed by atoms with van der Waals surface area (Å²) in [5, 5.41) is 7.07. The van der Waals surface area contributed by atoms with Gasteiger partial charge in [-0.25, -0.2) is 9.37 Å². The molecule has 0 radical (unpaired) electrons. The average Bonchev–Trinajstić information content (AvgIpc) is 3.42. The van der Waals surface area contributed by atoms with E-state index < -0.39 is 6.04 Å². The van der Waals surface area contributed by atoms with E-state index in [4.69, 9.17) is 4.42 Å². The van der Waals surface area contributed by atoms with Crippen molar-refractivity contribution in [1.82, 2.24) is 4.98 Å². The van der Waals surface area contributed by atoms with Gasteiger partial charge in [0.25, 0.3) is 5.91 Å². The van der Waals surface area contributed by atoms with Gasteiger partial charge in [0, 0.05) is 16.6 Å². The molecule has 0 bridgehead atoms. The molecule has 0 aliphatic rings. The Balaban J connectivity index is 1.76. The monoisotopic (exact) mass is 435 g/mol. The summed E-state index contributed by atoms with van der Waals surface area (Å²) in [7, 11) is 0. The summed E-state index contributed by atoms with van der Waals surface area (Å²) in [5.41, 5.74) is 2.63. The maximum absolute atomic E-state index is 14.1. The summed E-state index contributed by atoms with van der Waals surface area (Å²) in [6, 6.07) is 15.2. The molecule has 4 aromatic rings. The molecule has 1 atom stereocenters. The molecule has 5 nitrogen and oxygen atoms in total. The van der Waals surface area contributed by atoms with Crippen LogP contribution < -0.4 is 10.6 Å². The van der Waals surface area contributed by atoms with Gasteiger partial charge in [-0.15, -0.1) is 11.3 Å². The van der Waals surface area contributed by atoms with Crippen LogP contribution >= 0.6 is 11.3 Å². The molecule has 0 aliphatic carbocycles. The molecular weight excluding hydrogens is 413 g/mol. The van der Waals surface area contributed by atoms with Crippen LogP contribution in [0.25, 0.3) is 0 Å². The van der Waals surface area contributed by atoms with Crippen LogP contribution in [-0.4, -0.2) is 10.9 Å². The van der Waals surface area contributed by atoms with Crippen LogP contribution in [0.5, 0.6) is 0 Å². The minimum absolute atomic E-state index is 0.230. The fourth-order valence-corrected chi connectivity index (χ4v) is 4.34. The Morgan fingerprint density at radius 3 is 2.77 bits per heavy atom. The first-order valence-electron chi connectivity index (χ1n) is 9.95. The maximum Gasteiger partial charge on any atom is 0.291 e. The molecule has 3 heterocycles. The second-order valence-corrected chi connectivity index (χ2v) is 8.27. The summed E-state index contributed by atoms with van der Waals surface area (Å²) >= 11 is 1.50. The van der Waals surface area contributed by atoms with Gasteiger partial charge in [0.1, 0.15) is 16.6 Å². The number of amides is 1. The number of carbonyl (C=O) groups excluding carboxylic acids is 1. The Morgan fingerprint density at radius 2 is 2.06 bits per heavy atom. The van der Waals surface area contributed by atoms with E-state index in [0.29, 0.717) is 10.8 Å². The van der Waals surface area contributed by atoms with Gasteiger partial charge in [0.2, 0.25) is 0 Å². The number of anilines is 2. The highest BCUT2D eigenvalue weighted by Gasteiger charge is 2.23. The normalized spacial score (nSPS) is 11.8. The lowest BCUT2D eigenvalue weighted by Gasteiger charge is -2.21. The van der Waals surface area contributed by atoms with Crippen molar-refractivity contribution < 1.29 is 13.6 Å². The van der Waals surface area contributed by atoms with E-state index in [9.17, 15) is 9.18 Å². The number of hydrogen-bond acceptors (Lipinski definition) is 5. The van der Waals surface area contributed by atoms with Gasteiger partial charge in [0.05, 0.1) is 12.3 Å². The molecule has 4 rings (SSSR count). The molecular formula is C24H22FN3O2S. The zero-order valence-corrected chi connectivity index (χ0v) is 18.0. The molecule has 31 heavy (non-hydrogen) atoms. The lowest BCUT2D eigenvalue weighted by molar-refractivity contribution is 0.0997. The van der Waals surface area contributed by atoms with E-state index in [1.807, 2.05) is 31.2 Å². The van der Waals surface area contributed by atoms with Crippen molar-refractivity contribution in [2.75, 3.05) is 10.6 Å². The lowest BCUT2D eigenvalue weighted by atomic mass is 9.99. The van der Waals surface area contributed by atoms with Crippen LogP contribution in [0.1, 0.15) is 45.1 Å². The number of halogens is 1. The summed E-state index contributed by atoms with van der Waals surface area (Å²) in [5.74, 6) is 0.242. The van der Waals surface area contributed by atoms with Crippen molar-refractivity contribution in [2.24, 2.45) is 0 Å². The fourth-order valence-electron chi connectivity index (χ4n) is 3.31. The number of nitrogens with one attached hydrogen (secondary N) is 2. The summed E-state index contributed by atoms with van der Waals surface area (Å²) in [6.07, 6.45) is 4.00. The molecule has 3 aromatic heterocycles. The molecule has 1 aromatic carbocycles. The quantitative estimate of drug-likeness (QED) is 0.363. The number of benzene rings is 1. The van der Waals surface area contributed by atoms with E-state index in [-0.39, 0.29) is 17.5 Å². The summed E-state index contributed by atoms with van der Waals surface area (Å²) in [6.45, 7) is 4.04. The fraction of sp³-hybridized carbons (Fsp3) is 0.167. The van der Waals surface area contributed by atoms with Gasteiger partial charge in [-0.3, -0.25) is 4.79 Å². The molecule has 2 N–H and O–H groups in total. The van der Waals surface area contributed by atoms with Crippen LogP contribution in [0.3, 0.4) is 0 Å². The minimum atomic E-state index is -0.409. The predicted octanol–water partition coefficient (Wildman–Crippen LogP) is 6.20. The van der Waals surface area contributed by atoms with Gasteiger partial charge in [-0.05, 0) is 66.9 Å². The van der Waals surface area contributed by atoms with Crippen LogP contribution in [0.2, 0.25) is 0 Å². The molecule has 1 unspecified atom stereocenters. The molecule has 0 saturated heterocycles. The van der Waals surface area contributed by atoms with Crippen LogP contribution in [0.4, 0.5) is 15.2 Å². The first-order valence-corrected chi connectivity index (χ1v) is 10.8. The zero-order chi connectivity index (χ0) is 21.8. The van der Waals surface area contributed by atoms with Gasteiger partial charge >= 0.3 is 0 Å². The van der Waals surface area contributed by atoms with Crippen molar-refractivity contribution in [2.45, 2.75) is 26.3 Å². The van der Waals surface area contributed by atoms with Crippen molar-refractivity contribution in [3.05, 3.63) is 100 Å². The number of hydrogen-bond donors (Lipinski definition) is 2. The van der Waals surface area contributed by atoms with E-state index in [0.717, 1.165) is 28.0 Å². The highest BCUT2D eigenvalue weighted by Crippen LogP contribution is 2.38. The Bertz CT molecular complexity index is 1190. The number of pyridine rings is 1. The number of carbonyl (C=O) groups is 1. The van der Waals surface area contributed by atoms with Gasteiger partial charge in [-0.2, -0.15) is 0 Å². The standard InChI is InChI=1S/C24H22FN3O2S/c1-3-18-14-19(24(31-18)28-23(29)20-8-5-11-30-20)22(16-6-4-7-17(25)13-16)27-21-12-15(2)9-10-26-21/h4-14,22H,3H2,1-2H3,(H,26,27)(H,28,29). The second-order valence-electron chi connectivity index (χ2n) is 7.13. The maximum atomic E-state index is 14.1. The predicted molar refractivity (Wildman–Crippen MR) is 121 cm³/mol. The van der Waals surface area contributed by atoms with Crippen LogP contribution in [0.15, 0.2) is 71.5 Å². The van der Waals surface area contributed by atoms with E-state index in [1.165, 1.54) is 29.7 Å². The van der Waals surface area contributed by atoms with E-state index in [2.05, 4.69) is 22.5 Å². The zero-order valence-electron chi connectivity index (χ0n) is 17.2. The molecule has 1 amide bonds. The Hall–Kier alpha value is -3.45. The van der Waals surface area contributed by atoms with Crippen molar-refractivity contribution in [1.29, 1.82) is 0 Å². The van der Waals surface area contributed by atoms with Crippen molar-refractivity contribution in [3.8, 4) is 0 Å². The average molecular weight is 436 g/mol. The Morgan fingerprint density at radius 1 is 1.19 bits per heavy atom. The van der Waals surface area contributed by atoms with E-state index in [1.54, 1.807) is 24.4 Å². The van der Waals surface area contributed by atoms with Crippen molar-refractivity contribution in [3.63, 3.8) is 0 Å². The Kier molecular flexibility index (Phi) is 6.13. The van der Waals surface area contributed by atoms with Gasteiger partial charge < -0.3 is 15.1 Å². The Labute approximate surface area is 184 Å².